The average Bonchev–Trinajstić information content (AvgIpc) is 3.34. The number of aromatic nitrogens is 2. The first-order valence-corrected chi connectivity index (χ1v) is 11.5. The van der Waals surface area contributed by atoms with Crippen LogP contribution in [0.2, 0.25) is 5.02 Å². The van der Waals surface area contributed by atoms with E-state index < -0.39 is 11.5 Å². The van der Waals surface area contributed by atoms with Crippen LogP contribution in [0.15, 0.2) is 42.6 Å². The van der Waals surface area contributed by atoms with E-state index in [-0.39, 0.29) is 11.6 Å². The largest absolute Gasteiger partial charge is 0.427 e. The molecule has 1 unspecified atom stereocenters. The smallest absolute Gasteiger partial charge is 0.359 e. The Morgan fingerprint density at radius 3 is 2.83 bits per heavy atom. The molecular formula is C21H18ClN3O3S2. The molecule has 6 nitrogen and oxygen atoms in total. The third-order valence-corrected chi connectivity index (χ3v) is 6.77. The minimum Gasteiger partial charge on any atom is -0.427 e. The summed E-state index contributed by atoms with van der Waals surface area (Å²) in [6.45, 7) is 4.35. The van der Waals surface area contributed by atoms with Crippen molar-refractivity contribution in [2.75, 3.05) is 12.3 Å². The molecule has 0 bridgehead atoms. The summed E-state index contributed by atoms with van der Waals surface area (Å²) in [6, 6.07) is 11.0. The summed E-state index contributed by atoms with van der Waals surface area (Å²) in [5.74, 6) is -0.212. The van der Waals surface area contributed by atoms with Crippen molar-refractivity contribution >= 4 is 46.6 Å². The fraction of sp³-hybridized carbons (Fsp3) is 0.238. The number of carbonyl (C=O) groups excluding carboxylic acids is 2. The highest BCUT2D eigenvalue weighted by Crippen LogP contribution is 2.34. The molecule has 1 aliphatic heterocycles. The zero-order chi connectivity index (χ0) is 21.3. The van der Waals surface area contributed by atoms with E-state index in [1.54, 1.807) is 11.0 Å². The van der Waals surface area contributed by atoms with E-state index in [2.05, 4.69) is 9.97 Å². The number of esters is 1. The highest BCUT2D eigenvalue weighted by atomic mass is 35.5. The standard InChI is InChI=1S/C21H18ClN3O3S2/c1-12-4-3-5-14(10-12)18-17(24-13(2)30-18)19(26)25-8-9-29-21(25)28-20(27)16-11-15(22)6-7-23-16/h3-7,10-11,21H,8-9H2,1-2H3. The number of amides is 1. The maximum Gasteiger partial charge on any atom is 0.359 e. The Morgan fingerprint density at radius 2 is 2.07 bits per heavy atom. The Labute approximate surface area is 187 Å². The lowest BCUT2D eigenvalue weighted by Gasteiger charge is -2.23. The van der Waals surface area contributed by atoms with Crippen molar-refractivity contribution in [2.24, 2.45) is 0 Å². The molecule has 1 aliphatic rings. The number of aryl methyl sites for hydroxylation is 2. The minimum atomic E-state index is -0.738. The molecule has 1 amide bonds. The van der Waals surface area contributed by atoms with Crippen molar-refractivity contribution in [3.05, 3.63) is 69.6 Å². The van der Waals surface area contributed by atoms with Crippen LogP contribution >= 0.6 is 34.7 Å². The molecule has 0 aliphatic carbocycles. The van der Waals surface area contributed by atoms with Gasteiger partial charge in [-0.2, -0.15) is 0 Å². The summed E-state index contributed by atoms with van der Waals surface area (Å²) in [5.41, 5.74) is 1.81. The summed E-state index contributed by atoms with van der Waals surface area (Å²) >= 11 is 8.80. The fourth-order valence-electron chi connectivity index (χ4n) is 3.10. The predicted octanol–water partition coefficient (Wildman–Crippen LogP) is 4.80. The molecule has 30 heavy (non-hydrogen) atoms. The fourth-order valence-corrected chi connectivity index (χ4v) is 5.21. The zero-order valence-corrected chi connectivity index (χ0v) is 18.7. The zero-order valence-electron chi connectivity index (χ0n) is 16.3. The number of ether oxygens (including phenoxy) is 1. The number of halogens is 1. The van der Waals surface area contributed by atoms with Crippen LogP contribution in [-0.4, -0.2) is 44.6 Å². The molecule has 2 aromatic heterocycles. The topological polar surface area (TPSA) is 72.4 Å². The summed E-state index contributed by atoms with van der Waals surface area (Å²) in [5, 5.41) is 1.20. The van der Waals surface area contributed by atoms with E-state index in [0.29, 0.717) is 23.0 Å². The number of nitrogens with zero attached hydrogens (tertiary/aromatic N) is 3. The monoisotopic (exact) mass is 459 g/mol. The van der Waals surface area contributed by atoms with Gasteiger partial charge in [-0.25, -0.2) is 14.8 Å². The van der Waals surface area contributed by atoms with Gasteiger partial charge in [-0.1, -0.05) is 53.2 Å². The summed E-state index contributed by atoms with van der Waals surface area (Å²) in [7, 11) is 0. The van der Waals surface area contributed by atoms with Gasteiger partial charge in [0.05, 0.1) is 9.88 Å². The van der Waals surface area contributed by atoms with Crippen LogP contribution < -0.4 is 0 Å². The van der Waals surface area contributed by atoms with E-state index in [0.717, 1.165) is 21.0 Å². The van der Waals surface area contributed by atoms with Gasteiger partial charge in [-0.05, 0) is 31.5 Å². The Kier molecular flexibility index (Phi) is 6.08. The number of pyridine rings is 1. The van der Waals surface area contributed by atoms with Gasteiger partial charge in [-0.3, -0.25) is 9.69 Å². The molecule has 0 saturated carbocycles. The molecule has 3 aromatic rings. The second kappa shape index (κ2) is 8.75. The van der Waals surface area contributed by atoms with Crippen LogP contribution in [0, 0.1) is 13.8 Å². The maximum absolute atomic E-state index is 13.4. The van der Waals surface area contributed by atoms with E-state index in [1.807, 2.05) is 38.1 Å². The molecule has 0 radical (unpaired) electrons. The van der Waals surface area contributed by atoms with Gasteiger partial charge in [0.15, 0.2) is 0 Å². The lowest BCUT2D eigenvalue weighted by molar-refractivity contribution is 0.0137. The van der Waals surface area contributed by atoms with Crippen LogP contribution in [0.4, 0.5) is 0 Å². The molecule has 0 spiro atoms. The lowest BCUT2D eigenvalue weighted by Crippen LogP contribution is -2.38. The van der Waals surface area contributed by atoms with Crippen LogP contribution in [0.25, 0.3) is 10.4 Å². The van der Waals surface area contributed by atoms with Crippen LogP contribution in [-0.2, 0) is 4.74 Å². The second-order valence-electron chi connectivity index (χ2n) is 6.72. The molecule has 1 saturated heterocycles. The van der Waals surface area contributed by atoms with Gasteiger partial charge in [0, 0.05) is 23.5 Å². The third kappa shape index (κ3) is 4.35. The Bertz CT molecular complexity index is 1120. The van der Waals surface area contributed by atoms with E-state index in [9.17, 15) is 9.59 Å². The number of hydrogen-bond acceptors (Lipinski definition) is 7. The van der Waals surface area contributed by atoms with Gasteiger partial charge in [0.1, 0.15) is 11.4 Å². The van der Waals surface area contributed by atoms with E-state index in [4.69, 9.17) is 16.3 Å². The van der Waals surface area contributed by atoms with Gasteiger partial charge in [0.2, 0.25) is 5.56 Å². The predicted molar refractivity (Wildman–Crippen MR) is 119 cm³/mol. The number of thioether (sulfide) groups is 1. The van der Waals surface area contributed by atoms with Crippen molar-refractivity contribution in [1.29, 1.82) is 0 Å². The van der Waals surface area contributed by atoms with Crippen molar-refractivity contribution in [2.45, 2.75) is 19.4 Å². The van der Waals surface area contributed by atoms with Crippen molar-refractivity contribution < 1.29 is 14.3 Å². The second-order valence-corrected chi connectivity index (χ2v) is 9.51. The molecule has 1 aromatic carbocycles. The number of hydrogen-bond donors (Lipinski definition) is 0. The first-order valence-electron chi connectivity index (χ1n) is 9.22. The first-order chi connectivity index (χ1) is 14.4. The quantitative estimate of drug-likeness (QED) is 0.521. The van der Waals surface area contributed by atoms with Crippen LogP contribution in [0.5, 0.6) is 0 Å². The highest BCUT2D eigenvalue weighted by molar-refractivity contribution is 8.00. The molecule has 1 fully saturated rings. The Balaban J connectivity index is 1.58. The van der Waals surface area contributed by atoms with Gasteiger partial charge in [-0.15, -0.1) is 11.3 Å². The van der Waals surface area contributed by atoms with Gasteiger partial charge >= 0.3 is 5.97 Å². The Morgan fingerprint density at radius 1 is 1.23 bits per heavy atom. The highest BCUT2D eigenvalue weighted by Gasteiger charge is 2.36. The number of rotatable bonds is 4. The van der Waals surface area contributed by atoms with Crippen molar-refractivity contribution in [1.82, 2.24) is 14.9 Å². The molecule has 0 N–H and O–H groups in total. The Hall–Kier alpha value is -2.42. The molecule has 1 atom stereocenters. The molecule has 154 valence electrons. The van der Waals surface area contributed by atoms with Crippen LogP contribution in [0.3, 0.4) is 0 Å². The first kappa shape index (κ1) is 20.8. The summed E-state index contributed by atoms with van der Waals surface area (Å²) in [6.07, 6.45) is 1.44. The lowest BCUT2D eigenvalue weighted by atomic mass is 10.1. The van der Waals surface area contributed by atoms with E-state index >= 15 is 0 Å². The SMILES string of the molecule is Cc1cccc(-c2sc(C)nc2C(=O)N2CCSC2OC(=O)c2cc(Cl)ccn2)c1. The summed E-state index contributed by atoms with van der Waals surface area (Å²) < 4.78 is 5.56. The minimum absolute atomic E-state index is 0.104. The summed E-state index contributed by atoms with van der Waals surface area (Å²) in [4.78, 5) is 36.7. The van der Waals surface area contributed by atoms with Crippen molar-refractivity contribution in [3.8, 4) is 10.4 Å². The molecule has 4 rings (SSSR count). The number of benzene rings is 1. The van der Waals surface area contributed by atoms with Crippen molar-refractivity contribution in [3.63, 3.8) is 0 Å². The molecule has 3 heterocycles. The normalized spacial score (nSPS) is 16.0. The third-order valence-electron chi connectivity index (χ3n) is 4.46. The average molecular weight is 460 g/mol. The molecule has 9 heteroatoms. The molecular weight excluding hydrogens is 442 g/mol. The number of thiazole rings is 1. The van der Waals surface area contributed by atoms with Gasteiger partial charge < -0.3 is 4.74 Å². The number of carbonyl (C=O) groups is 2. The van der Waals surface area contributed by atoms with Gasteiger partial charge in [0.25, 0.3) is 5.91 Å². The maximum atomic E-state index is 13.4. The van der Waals surface area contributed by atoms with Crippen LogP contribution in [0.1, 0.15) is 31.5 Å². The van der Waals surface area contributed by atoms with E-state index in [1.165, 1.54) is 35.4 Å².